The van der Waals surface area contributed by atoms with E-state index in [1.165, 1.54) is 36.4 Å². The monoisotopic (exact) mass is 434 g/mol. The van der Waals surface area contributed by atoms with E-state index in [4.69, 9.17) is 0 Å². The van der Waals surface area contributed by atoms with Gasteiger partial charge in [-0.05, 0) is 36.6 Å². The summed E-state index contributed by atoms with van der Waals surface area (Å²) in [5, 5.41) is 20.0. The fourth-order valence-electron chi connectivity index (χ4n) is 3.72. The van der Waals surface area contributed by atoms with Crippen molar-refractivity contribution in [1.29, 1.82) is 0 Å². The van der Waals surface area contributed by atoms with E-state index in [1.54, 1.807) is 9.80 Å². The van der Waals surface area contributed by atoms with Crippen LogP contribution >= 0.6 is 0 Å². The third-order valence-corrected chi connectivity index (χ3v) is 5.76. The van der Waals surface area contributed by atoms with E-state index in [-0.39, 0.29) is 17.4 Å². The molecule has 4 rings (SSSR count). The van der Waals surface area contributed by atoms with Gasteiger partial charge in [0.15, 0.2) is 0 Å². The van der Waals surface area contributed by atoms with Gasteiger partial charge in [-0.15, -0.1) is 0 Å². The standard InChI is InChI=1S/C22H21F3N2O4/c23-22(24,25)17-3-1-2-16(18(17)28)14-4-6-15(7-5-14)19(29)26-10-12-27(13-11-26)20(30)21(31)8-9-21/h1-7,28,31H,8-13H2. The fraction of sp³-hybridized carbons (Fsp3) is 0.364. The number of alkyl halides is 3. The molecule has 2 aromatic rings. The molecule has 0 unspecified atom stereocenters. The molecule has 2 amide bonds. The van der Waals surface area contributed by atoms with Crippen LogP contribution in [0.1, 0.15) is 28.8 Å². The van der Waals surface area contributed by atoms with Crippen LogP contribution in [0.15, 0.2) is 42.5 Å². The second-order valence-electron chi connectivity index (χ2n) is 7.89. The Morgan fingerprint density at radius 1 is 0.903 bits per heavy atom. The van der Waals surface area contributed by atoms with Crippen molar-refractivity contribution in [3.05, 3.63) is 53.6 Å². The molecule has 0 radical (unpaired) electrons. The number of halogens is 3. The average molecular weight is 434 g/mol. The van der Waals surface area contributed by atoms with Crippen LogP contribution in [-0.2, 0) is 11.0 Å². The summed E-state index contributed by atoms with van der Waals surface area (Å²) in [5.41, 5.74) is -1.60. The van der Waals surface area contributed by atoms with Crippen molar-refractivity contribution in [2.75, 3.05) is 26.2 Å². The molecule has 31 heavy (non-hydrogen) atoms. The van der Waals surface area contributed by atoms with Crippen molar-refractivity contribution < 1.29 is 33.0 Å². The lowest BCUT2D eigenvalue weighted by molar-refractivity contribution is -0.144. The molecule has 0 aromatic heterocycles. The zero-order valence-corrected chi connectivity index (χ0v) is 16.5. The van der Waals surface area contributed by atoms with Crippen molar-refractivity contribution >= 4 is 11.8 Å². The third kappa shape index (κ3) is 4.10. The van der Waals surface area contributed by atoms with E-state index in [0.29, 0.717) is 50.1 Å². The number of benzene rings is 2. The summed E-state index contributed by atoms with van der Waals surface area (Å²) in [6.45, 7) is 1.33. The van der Waals surface area contributed by atoms with Crippen molar-refractivity contribution in [2.24, 2.45) is 0 Å². The minimum atomic E-state index is -4.67. The number of carbonyl (C=O) groups excluding carboxylic acids is 2. The van der Waals surface area contributed by atoms with Crippen molar-refractivity contribution in [3.8, 4) is 16.9 Å². The van der Waals surface area contributed by atoms with Gasteiger partial charge in [0.05, 0.1) is 5.56 Å². The average Bonchev–Trinajstić information content (AvgIpc) is 3.51. The first-order valence-corrected chi connectivity index (χ1v) is 9.91. The molecule has 1 saturated heterocycles. The van der Waals surface area contributed by atoms with Gasteiger partial charge in [-0.25, -0.2) is 0 Å². The fourth-order valence-corrected chi connectivity index (χ4v) is 3.72. The van der Waals surface area contributed by atoms with Gasteiger partial charge in [0.2, 0.25) is 0 Å². The Kier molecular flexibility index (Phi) is 5.17. The van der Waals surface area contributed by atoms with Crippen LogP contribution in [0, 0.1) is 0 Å². The quantitative estimate of drug-likeness (QED) is 0.779. The maximum atomic E-state index is 13.0. The number of phenols is 1. The van der Waals surface area contributed by atoms with Crippen LogP contribution in [0.5, 0.6) is 5.75 Å². The first kappa shape index (κ1) is 21.2. The molecular weight excluding hydrogens is 413 g/mol. The SMILES string of the molecule is O=C(c1ccc(-c2cccc(C(F)(F)F)c2O)cc1)N1CCN(C(=O)C2(O)CC2)CC1. The number of phenolic OH excluding ortho intramolecular Hbond substituents is 1. The molecule has 0 spiro atoms. The summed E-state index contributed by atoms with van der Waals surface area (Å²) in [4.78, 5) is 28.1. The topological polar surface area (TPSA) is 81.1 Å². The molecule has 2 aromatic carbocycles. The highest BCUT2D eigenvalue weighted by Crippen LogP contribution is 2.41. The second-order valence-corrected chi connectivity index (χ2v) is 7.89. The summed E-state index contributed by atoms with van der Waals surface area (Å²) >= 11 is 0. The number of hydrogen-bond donors (Lipinski definition) is 2. The summed E-state index contributed by atoms with van der Waals surface area (Å²) in [6.07, 6.45) is -3.73. The molecule has 2 N–H and O–H groups in total. The lowest BCUT2D eigenvalue weighted by atomic mass is 9.99. The van der Waals surface area contributed by atoms with Crippen LogP contribution in [-0.4, -0.2) is 63.6 Å². The normalized spacial score (nSPS) is 18.1. The number of piperazine rings is 1. The van der Waals surface area contributed by atoms with Gasteiger partial charge in [-0.2, -0.15) is 13.2 Å². The molecule has 0 bridgehead atoms. The van der Waals surface area contributed by atoms with E-state index in [1.807, 2.05) is 0 Å². The summed E-state index contributed by atoms with van der Waals surface area (Å²) in [6, 6.07) is 9.39. The Morgan fingerprint density at radius 3 is 2.03 bits per heavy atom. The maximum absolute atomic E-state index is 13.0. The number of carbonyl (C=O) groups is 2. The molecule has 164 valence electrons. The van der Waals surface area contributed by atoms with Gasteiger partial charge in [0, 0.05) is 37.3 Å². The molecule has 1 aliphatic carbocycles. The molecule has 9 heteroatoms. The van der Waals surface area contributed by atoms with Crippen LogP contribution in [0.2, 0.25) is 0 Å². The zero-order chi connectivity index (χ0) is 22.4. The molecule has 0 atom stereocenters. The number of aliphatic hydroxyl groups is 1. The number of rotatable bonds is 3. The van der Waals surface area contributed by atoms with Crippen LogP contribution in [0.25, 0.3) is 11.1 Å². The van der Waals surface area contributed by atoms with Gasteiger partial charge in [0.1, 0.15) is 11.4 Å². The molecular formula is C22H21F3N2O4. The Labute approximate surface area is 176 Å². The molecule has 1 aliphatic heterocycles. The van der Waals surface area contributed by atoms with Crippen molar-refractivity contribution in [2.45, 2.75) is 24.6 Å². The molecule has 1 heterocycles. The number of amides is 2. The first-order chi connectivity index (χ1) is 14.6. The molecule has 2 aliphatic rings. The van der Waals surface area contributed by atoms with E-state index < -0.39 is 23.1 Å². The van der Waals surface area contributed by atoms with E-state index in [2.05, 4.69) is 0 Å². The van der Waals surface area contributed by atoms with Gasteiger partial charge < -0.3 is 20.0 Å². The van der Waals surface area contributed by atoms with Crippen molar-refractivity contribution in [3.63, 3.8) is 0 Å². The Morgan fingerprint density at radius 2 is 1.48 bits per heavy atom. The number of para-hydroxylation sites is 1. The summed E-state index contributed by atoms with van der Waals surface area (Å²) in [7, 11) is 0. The third-order valence-electron chi connectivity index (χ3n) is 5.76. The Bertz CT molecular complexity index is 1010. The number of aromatic hydroxyl groups is 1. The smallest absolute Gasteiger partial charge is 0.419 e. The lowest BCUT2D eigenvalue weighted by Gasteiger charge is -2.35. The van der Waals surface area contributed by atoms with Crippen LogP contribution in [0.3, 0.4) is 0 Å². The van der Waals surface area contributed by atoms with Gasteiger partial charge in [-0.3, -0.25) is 9.59 Å². The molecule has 2 fully saturated rings. The maximum Gasteiger partial charge on any atom is 0.419 e. The van der Waals surface area contributed by atoms with Crippen LogP contribution < -0.4 is 0 Å². The molecule has 1 saturated carbocycles. The minimum Gasteiger partial charge on any atom is -0.507 e. The van der Waals surface area contributed by atoms with E-state index in [9.17, 15) is 33.0 Å². The van der Waals surface area contributed by atoms with Gasteiger partial charge in [0.25, 0.3) is 11.8 Å². The Balaban J connectivity index is 1.44. The first-order valence-electron chi connectivity index (χ1n) is 9.91. The van der Waals surface area contributed by atoms with Gasteiger partial charge >= 0.3 is 6.18 Å². The zero-order valence-electron chi connectivity index (χ0n) is 16.5. The summed E-state index contributed by atoms with van der Waals surface area (Å²) < 4.78 is 39.1. The lowest BCUT2D eigenvalue weighted by Crippen LogP contribution is -2.53. The number of hydrogen-bond acceptors (Lipinski definition) is 4. The van der Waals surface area contributed by atoms with Crippen LogP contribution in [0.4, 0.5) is 13.2 Å². The highest BCUT2D eigenvalue weighted by Gasteiger charge is 2.50. The van der Waals surface area contributed by atoms with Crippen molar-refractivity contribution in [1.82, 2.24) is 9.80 Å². The van der Waals surface area contributed by atoms with E-state index in [0.717, 1.165) is 6.07 Å². The van der Waals surface area contributed by atoms with Gasteiger partial charge in [-0.1, -0.05) is 24.3 Å². The highest BCUT2D eigenvalue weighted by molar-refractivity contribution is 5.95. The molecule has 6 nitrogen and oxygen atoms in total. The predicted molar refractivity (Wildman–Crippen MR) is 105 cm³/mol. The van der Waals surface area contributed by atoms with E-state index >= 15 is 0 Å². The predicted octanol–water partition coefficient (Wildman–Crippen LogP) is 2.89. The highest BCUT2D eigenvalue weighted by atomic mass is 19.4. The Hall–Kier alpha value is -3.07. The second kappa shape index (κ2) is 7.56. The number of nitrogens with zero attached hydrogens (tertiary/aromatic N) is 2. The minimum absolute atomic E-state index is 0.0268. The summed E-state index contributed by atoms with van der Waals surface area (Å²) in [5.74, 6) is -1.39. The largest absolute Gasteiger partial charge is 0.507 e.